The van der Waals surface area contributed by atoms with Crippen molar-refractivity contribution in [1.82, 2.24) is 5.32 Å². The minimum atomic E-state index is -0.864. The van der Waals surface area contributed by atoms with E-state index in [1.165, 1.54) is 11.1 Å². The molecule has 1 aliphatic heterocycles. The Hall–Kier alpha value is -2.13. The zero-order chi connectivity index (χ0) is 19.6. The fourth-order valence-corrected chi connectivity index (χ4v) is 4.62. The van der Waals surface area contributed by atoms with Crippen LogP contribution in [0.2, 0.25) is 5.02 Å². The fraction of sp³-hybridized carbons (Fsp3) is 0.280. The van der Waals surface area contributed by atoms with Crippen molar-refractivity contribution >= 4 is 11.6 Å². The lowest BCUT2D eigenvalue weighted by Gasteiger charge is -2.48. The molecule has 0 unspecified atom stereocenters. The first-order valence-electron chi connectivity index (χ1n) is 9.88. The van der Waals surface area contributed by atoms with Gasteiger partial charge in [0.15, 0.2) is 0 Å². The van der Waals surface area contributed by atoms with E-state index in [0.717, 1.165) is 5.56 Å². The summed E-state index contributed by atoms with van der Waals surface area (Å²) in [6.07, 6.45) is 1.19. The molecule has 0 aliphatic carbocycles. The van der Waals surface area contributed by atoms with E-state index in [1.54, 1.807) is 0 Å². The van der Waals surface area contributed by atoms with Crippen LogP contribution in [0.1, 0.15) is 42.1 Å². The lowest BCUT2D eigenvalue weighted by molar-refractivity contribution is -0.0674. The summed E-state index contributed by atoms with van der Waals surface area (Å²) in [6.45, 7) is 2.14. The van der Waals surface area contributed by atoms with Crippen LogP contribution < -0.4 is 5.32 Å². The summed E-state index contributed by atoms with van der Waals surface area (Å²) in [6, 6.07) is 28.8. The maximum absolute atomic E-state index is 11.9. The van der Waals surface area contributed by atoms with Gasteiger partial charge >= 0.3 is 0 Å². The highest BCUT2D eigenvalue weighted by atomic mass is 35.5. The van der Waals surface area contributed by atoms with E-state index in [2.05, 4.69) is 60.8 Å². The lowest BCUT2D eigenvalue weighted by Crippen LogP contribution is -2.53. The highest BCUT2D eigenvalue weighted by molar-refractivity contribution is 6.31. The second-order valence-corrected chi connectivity index (χ2v) is 8.29. The van der Waals surface area contributed by atoms with Gasteiger partial charge in [0.05, 0.1) is 5.60 Å². The van der Waals surface area contributed by atoms with Crippen LogP contribution in [0.25, 0.3) is 0 Å². The molecule has 1 saturated heterocycles. The Morgan fingerprint density at radius 1 is 0.893 bits per heavy atom. The molecule has 0 radical (unpaired) electrons. The number of hydrogen-bond donors (Lipinski definition) is 2. The summed E-state index contributed by atoms with van der Waals surface area (Å²) < 4.78 is 0. The molecule has 0 aromatic heterocycles. The summed E-state index contributed by atoms with van der Waals surface area (Å²) in [5, 5.41) is 16.4. The first-order valence-corrected chi connectivity index (χ1v) is 10.3. The summed E-state index contributed by atoms with van der Waals surface area (Å²) in [5.41, 5.74) is 2.54. The minimum Gasteiger partial charge on any atom is -0.389 e. The fourth-order valence-electron chi connectivity index (χ4n) is 4.42. The van der Waals surface area contributed by atoms with Crippen molar-refractivity contribution in [2.45, 2.75) is 37.5 Å². The predicted molar refractivity (Wildman–Crippen MR) is 115 cm³/mol. The molecule has 4 atom stereocenters. The van der Waals surface area contributed by atoms with Crippen molar-refractivity contribution in [3.05, 3.63) is 107 Å². The maximum Gasteiger partial charge on any atom is 0.0750 e. The van der Waals surface area contributed by atoms with Gasteiger partial charge in [-0.25, -0.2) is 0 Å². The molecule has 0 saturated carbocycles. The molecule has 0 bridgehead atoms. The van der Waals surface area contributed by atoms with Crippen LogP contribution in [-0.2, 0) is 6.42 Å². The number of hydrogen-bond acceptors (Lipinski definition) is 2. The number of benzene rings is 3. The maximum atomic E-state index is 11.9. The molecular weight excluding hydrogens is 366 g/mol. The highest BCUT2D eigenvalue weighted by Crippen LogP contribution is 2.45. The third-order valence-electron chi connectivity index (χ3n) is 6.10. The quantitative estimate of drug-likeness (QED) is 0.595. The van der Waals surface area contributed by atoms with Gasteiger partial charge in [0.1, 0.15) is 0 Å². The van der Waals surface area contributed by atoms with Crippen molar-refractivity contribution in [1.29, 1.82) is 0 Å². The van der Waals surface area contributed by atoms with Crippen molar-refractivity contribution < 1.29 is 5.11 Å². The normalized spacial score (nSPS) is 27.5. The molecule has 1 fully saturated rings. The first kappa shape index (κ1) is 19.2. The highest BCUT2D eigenvalue weighted by Gasteiger charge is 2.46. The number of halogens is 1. The Morgan fingerprint density at radius 3 is 2.11 bits per heavy atom. The van der Waals surface area contributed by atoms with Crippen molar-refractivity contribution in [2.75, 3.05) is 0 Å². The van der Waals surface area contributed by atoms with Gasteiger partial charge in [0.25, 0.3) is 0 Å². The largest absolute Gasteiger partial charge is 0.389 e. The van der Waals surface area contributed by atoms with Gasteiger partial charge in [0, 0.05) is 29.4 Å². The Bertz CT molecular complexity index is 914. The van der Waals surface area contributed by atoms with E-state index < -0.39 is 5.60 Å². The van der Waals surface area contributed by atoms with E-state index in [9.17, 15) is 5.11 Å². The van der Waals surface area contributed by atoms with E-state index in [4.69, 9.17) is 11.6 Å². The van der Waals surface area contributed by atoms with Crippen LogP contribution in [-0.4, -0.2) is 10.7 Å². The van der Waals surface area contributed by atoms with Crippen molar-refractivity contribution in [2.24, 2.45) is 5.92 Å². The van der Waals surface area contributed by atoms with Crippen LogP contribution in [0.3, 0.4) is 0 Å². The second kappa shape index (κ2) is 8.08. The molecule has 3 aromatic carbocycles. The first-order chi connectivity index (χ1) is 13.6. The molecule has 2 nitrogen and oxygen atoms in total. The van der Waals surface area contributed by atoms with E-state index >= 15 is 0 Å². The van der Waals surface area contributed by atoms with E-state index in [0.29, 0.717) is 17.9 Å². The Kier molecular flexibility index (Phi) is 5.54. The standard InChI is InChI=1S/C25H26ClNO/c1-18-24(20-12-6-3-7-13-20)27-23(19-10-4-2-5-11-19)17-25(18,28)16-21-14-8-9-15-22(21)26/h2-15,18,23-24,27-28H,16-17H2,1H3/t18-,23-,24-,25-/m0/s1. The average molecular weight is 392 g/mol. The molecule has 3 heteroatoms. The Morgan fingerprint density at radius 2 is 1.46 bits per heavy atom. The van der Waals surface area contributed by atoms with Crippen LogP contribution in [0.15, 0.2) is 84.9 Å². The van der Waals surface area contributed by atoms with Crippen LogP contribution in [0.5, 0.6) is 0 Å². The van der Waals surface area contributed by atoms with Gasteiger partial charge in [-0.15, -0.1) is 0 Å². The van der Waals surface area contributed by atoms with E-state index in [1.807, 2.05) is 36.4 Å². The zero-order valence-electron chi connectivity index (χ0n) is 16.1. The number of aliphatic hydroxyl groups is 1. The molecule has 144 valence electrons. The number of rotatable bonds is 4. The molecule has 1 aliphatic rings. The Labute approximate surface area is 172 Å². The monoisotopic (exact) mass is 391 g/mol. The molecule has 0 spiro atoms. The molecule has 2 N–H and O–H groups in total. The molecular formula is C25H26ClNO. The molecule has 1 heterocycles. The number of nitrogens with one attached hydrogen (secondary N) is 1. The zero-order valence-corrected chi connectivity index (χ0v) is 16.8. The van der Waals surface area contributed by atoms with Gasteiger partial charge in [-0.05, 0) is 29.2 Å². The van der Waals surface area contributed by atoms with Gasteiger partial charge in [0.2, 0.25) is 0 Å². The smallest absolute Gasteiger partial charge is 0.0750 e. The molecule has 4 rings (SSSR count). The minimum absolute atomic E-state index is 0.0335. The predicted octanol–water partition coefficient (Wildman–Crippen LogP) is 5.73. The van der Waals surface area contributed by atoms with Gasteiger partial charge < -0.3 is 10.4 Å². The van der Waals surface area contributed by atoms with Gasteiger partial charge in [-0.2, -0.15) is 0 Å². The van der Waals surface area contributed by atoms with Crippen molar-refractivity contribution in [3.63, 3.8) is 0 Å². The molecule has 3 aromatic rings. The summed E-state index contributed by atoms with van der Waals surface area (Å²) in [7, 11) is 0. The van der Waals surface area contributed by atoms with E-state index in [-0.39, 0.29) is 18.0 Å². The Balaban J connectivity index is 1.72. The topological polar surface area (TPSA) is 32.3 Å². The summed E-state index contributed by atoms with van der Waals surface area (Å²) in [5.74, 6) is 0.0335. The third-order valence-corrected chi connectivity index (χ3v) is 6.47. The number of piperidine rings is 1. The third kappa shape index (κ3) is 3.86. The van der Waals surface area contributed by atoms with Crippen molar-refractivity contribution in [3.8, 4) is 0 Å². The van der Waals surface area contributed by atoms with Gasteiger partial charge in [-0.3, -0.25) is 0 Å². The lowest BCUT2D eigenvalue weighted by atomic mass is 9.69. The van der Waals surface area contributed by atoms with Crippen LogP contribution >= 0.6 is 11.6 Å². The molecule has 0 amide bonds. The van der Waals surface area contributed by atoms with Crippen LogP contribution in [0, 0.1) is 5.92 Å². The van der Waals surface area contributed by atoms with Gasteiger partial charge in [-0.1, -0.05) is 97.4 Å². The average Bonchev–Trinajstić information content (AvgIpc) is 2.73. The molecule has 28 heavy (non-hydrogen) atoms. The summed E-state index contributed by atoms with van der Waals surface area (Å²) in [4.78, 5) is 0. The second-order valence-electron chi connectivity index (χ2n) is 7.88. The van der Waals surface area contributed by atoms with Crippen LogP contribution in [0.4, 0.5) is 0 Å². The SMILES string of the molecule is C[C@H]1[C@@H](c2ccccc2)N[C@H](c2ccccc2)C[C@@]1(O)Cc1ccccc1Cl. The summed E-state index contributed by atoms with van der Waals surface area (Å²) >= 11 is 6.43.